The topological polar surface area (TPSA) is 80.3 Å². The van der Waals surface area contributed by atoms with E-state index in [1.54, 1.807) is 0 Å². The Morgan fingerprint density at radius 1 is 1.08 bits per heavy atom. The zero-order valence-corrected chi connectivity index (χ0v) is 22.8. The van der Waals surface area contributed by atoms with Gasteiger partial charge in [0, 0.05) is 71.6 Å². The van der Waals surface area contributed by atoms with Gasteiger partial charge in [-0.25, -0.2) is 0 Å². The number of amides is 1. The number of nitrogens with one attached hydrogen (secondary N) is 2. The third kappa shape index (κ3) is 3.88. The third-order valence-corrected chi connectivity index (χ3v) is 9.25. The molecule has 38 heavy (non-hydrogen) atoms. The first-order chi connectivity index (χ1) is 18.3. The number of hydrogen-bond donors (Lipinski definition) is 2. The number of anilines is 1. The summed E-state index contributed by atoms with van der Waals surface area (Å²) in [5.41, 5.74) is 7.30. The normalized spacial score (nSPS) is 19.4. The number of piperazine rings is 1. The number of rotatable bonds is 4. The highest BCUT2D eigenvalue weighted by atomic mass is 16.2. The average Bonchev–Trinajstić information content (AvgIpc) is 3.36. The monoisotopic (exact) mass is 510 g/mol. The zero-order valence-electron chi connectivity index (χ0n) is 22.8. The van der Waals surface area contributed by atoms with Crippen molar-refractivity contribution in [3.05, 3.63) is 63.8 Å². The minimum Gasteiger partial charge on any atom is -0.368 e. The van der Waals surface area contributed by atoms with Gasteiger partial charge < -0.3 is 20.2 Å². The first-order valence-corrected chi connectivity index (χ1v) is 14.3. The number of ketones is 1. The van der Waals surface area contributed by atoms with Crippen molar-refractivity contribution in [3.8, 4) is 0 Å². The Morgan fingerprint density at radius 2 is 1.82 bits per heavy atom. The van der Waals surface area contributed by atoms with Crippen molar-refractivity contribution in [3.63, 3.8) is 0 Å². The minimum absolute atomic E-state index is 0.0762. The molecule has 0 spiro atoms. The Kier molecular flexibility index (Phi) is 6.16. The fraction of sp³-hybridized carbons (Fsp3) is 0.469. The lowest BCUT2D eigenvalue weighted by Gasteiger charge is -2.40. The van der Waals surface area contributed by atoms with Crippen LogP contribution in [-0.2, 0) is 16.6 Å². The van der Waals surface area contributed by atoms with Crippen LogP contribution in [0.5, 0.6) is 0 Å². The number of aryl methyl sites for hydroxylation is 1. The number of aromatic amines is 1. The summed E-state index contributed by atoms with van der Waals surface area (Å²) in [6.07, 6.45) is 7.91. The van der Waals surface area contributed by atoms with E-state index in [1.165, 1.54) is 36.7 Å². The molecule has 1 aromatic heterocycles. The Bertz CT molecular complexity index is 1440. The van der Waals surface area contributed by atoms with Crippen LogP contribution in [0.25, 0.3) is 10.9 Å². The van der Waals surface area contributed by atoms with Gasteiger partial charge in [-0.15, -0.1) is 0 Å². The standard InChI is InChI=1S/C32H38N4O2/c1-4-21-17-24-25(18-27(21)35-12-14-36(15-13-35)31(38)22-8-6-5-7-9-22)32(2,3)30-28(29(24)37)23-11-10-20(19-33)16-26(23)34-30/h10-11,16-19,22,33-34H,4-9,12-15H2,1-3H3. The molecular weight excluding hydrogens is 472 g/mol. The van der Waals surface area contributed by atoms with Gasteiger partial charge in [0.15, 0.2) is 5.78 Å². The SMILES string of the molecule is CCc1cc2c(cc1N1CCN(C(=O)C3CCCCC3)CC1)C(C)(C)c1[nH]c3cc(C=N)ccc3c1C2=O. The smallest absolute Gasteiger partial charge is 0.225 e. The van der Waals surface area contributed by atoms with Crippen LogP contribution in [0.1, 0.15) is 91.2 Å². The van der Waals surface area contributed by atoms with Crippen LogP contribution in [0.15, 0.2) is 30.3 Å². The molecule has 2 aromatic carbocycles. The second-order valence-electron chi connectivity index (χ2n) is 11.8. The maximum absolute atomic E-state index is 13.9. The van der Waals surface area contributed by atoms with Gasteiger partial charge in [0.1, 0.15) is 0 Å². The van der Waals surface area contributed by atoms with Crippen LogP contribution in [0.2, 0.25) is 0 Å². The van der Waals surface area contributed by atoms with Crippen molar-refractivity contribution >= 4 is 34.5 Å². The molecule has 1 saturated heterocycles. The van der Waals surface area contributed by atoms with E-state index in [0.717, 1.165) is 84.3 Å². The Hall–Kier alpha value is -3.41. The third-order valence-electron chi connectivity index (χ3n) is 9.25. The molecule has 1 saturated carbocycles. The van der Waals surface area contributed by atoms with Gasteiger partial charge in [-0.2, -0.15) is 0 Å². The number of H-pyrrole nitrogens is 1. The molecule has 3 aromatic rings. The molecule has 6 heteroatoms. The van der Waals surface area contributed by atoms with Crippen molar-refractivity contribution in [2.24, 2.45) is 5.92 Å². The molecule has 3 aliphatic rings. The lowest BCUT2D eigenvalue weighted by atomic mass is 9.70. The highest BCUT2D eigenvalue weighted by Gasteiger charge is 2.41. The molecule has 6 nitrogen and oxygen atoms in total. The van der Waals surface area contributed by atoms with Crippen LogP contribution in [0.3, 0.4) is 0 Å². The molecule has 0 bridgehead atoms. The Morgan fingerprint density at radius 3 is 2.50 bits per heavy atom. The molecule has 198 valence electrons. The minimum atomic E-state index is -0.373. The van der Waals surface area contributed by atoms with Gasteiger partial charge in [0.2, 0.25) is 5.91 Å². The lowest BCUT2D eigenvalue weighted by Crippen LogP contribution is -2.51. The predicted molar refractivity (Wildman–Crippen MR) is 153 cm³/mol. The first-order valence-electron chi connectivity index (χ1n) is 14.3. The summed E-state index contributed by atoms with van der Waals surface area (Å²) >= 11 is 0. The maximum atomic E-state index is 13.9. The van der Waals surface area contributed by atoms with E-state index in [0.29, 0.717) is 5.91 Å². The highest BCUT2D eigenvalue weighted by Crippen LogP contribution is 2.46. The van der Waals surface area contributed by atoms with E-state index in [2.05, 4.69) is 47.7 Å². The second kappa shape index (κ2) is 9.40. The van der Waals surface area contributed by atoms with Crippen LogP contribution in [0.4, 0.5) is 5.69 Å². The first kappa shape index (κ1) is 24.9. The van der Waals surface area contributed by atoms with Gasteiger partial charge in [-0.1, -0.05) is 52.2 Å². The molecule has 2 N–H and O–H groups in total. The zero-order chi connectivity index (χ0) is 26.6. The molecule has 0 atom stereocenters. The highest BCUT2D eigenvalue weighted by molar-refractivity contribution is 6.20. The summed E-state index contributed by atoms with van der Waals surface area (Å²) in [5.74, 6) is 0.653. The van der Waals surface area contributed by atoms with E-state index in [-0.39, 0.29) is 17.1 Å². The Balaban J connectivity index is 1.33. The summed E-state index contributed by atoms with van der Waals surface area (Å²) in [6.45, 7) is 9.72. The van der Waals surface area contributed by atoms with Crippen molar-refractivity contribution in [2.75, 3.05) is 31.1 Å². The summed E-state index contributed by atoms with van der Waals surface area (Å²) in [4.78, 5) is 35.1. The van der Waals surface area contributed by atoms with Gasteiger partial charge in [-0.3, -0.25) is 9.59 Å². The van der Waals surface area contributed by atoms with Gasteiger partial charge in [-0.05, 0) is 54.2 Å². The molecule has 2 heterocycles. The average molecular weight is 511 g/mol. The van der Waals surface area contributed by atoms with Crippen molar-refractivity contribution in [2.45, 2.75) is 64.7 Å². The van der Waals surface area contributed by atoms with Crippen LogP contribution in [0, 0.1) is 11.3 Å². The fourth-order valence-corrected chi connectivity index (χ4v) is 6.97. The summed E-state index contributed by atoms with van der Waals surface area (Å²) in [6, 6.07) is 10.2. The van der Waals surface area contributed by atoms with Gasteiger partial charge >= 0.3 is 0 Å². The largest absolute Gasteiger partial charge is 0.368 e. The van der Waals surface area contributed by atoms with E-state index in [1.807, 2.05) is 18.2 Å². The number of benzene rings is 2. The number of nitrogens with zero attached hydrogens (tertiary/aromatic N) is 2. The molecule has 1 amide bonds. The molecule has 0 radical (unpaired) electrons. The van der Waals surface area contributed by atoms with Crippen LogP contribution in [-0.4, -0.2) is 54.0 Å². The van der Waals surface area contributed by atoms with E-state index >= 15 is 0 Å². The lowest BCUT2D eigenvalue weighted by molar-refractivity contribution is -0.136. The quantitative estimate of drug-likeness (QED) is 0.434. The van der Waals surface area contributed by atoms with Crippen molar-refractivity contribution in [1.29, 1.82) is 5.41 Å². The van der Waals surface area contributed by atoms with Crippen molar-refractivity contribution in [1.82, 2.24) is 9.88 Å². The fourth-order valence-electron chi connectivity index (χ4n) is 6.97. The predicted octanol–water partition coefficient (Wildman–Crippen LogP) is 5.83. The molecule has 0 unspecified atom stereocenters. The van der Waals surface area contributed by atoms with E-state index < -0.39 is 0 Å². The summed E-state index contributed by atoms with van der Waals surface area (Å²) in [5, 5.41) is 8.55. The molecule has 6 rings (SSSR count). The van der Waals surface area contributed by atoms with E-state index in [4.69, 9.17) is 5.41 Å². The van der Waals surface area contributed by atoms with E-state index in [9.17, 15) is 9.59 Å². The van der Waals surface area contributed by atoms with Gasteiger partial charge in [0.25, 0.3) is 0 Å². The molecular formula is C32H38N4O2. The maximum Gasteiger partial charge on any atom is 0.225 e. The second-order valence-corrected chi connectivity index (χ2v) is 11.8. The molecule has 1 aliphatic heterocycles. The number of hydrogen-bond acceptors (Lipinski definition) is 4. The molecule has 2 fully saturated rings. The van der Waals surface area contributed by atoms with Crippen molar-refractivity contribution < 1.29 is 9.59 Å². The number of aromatic nitrogens is 1. The van der Waals surface area contributed by atoms with Crippen LogP contribution >= 0.6 is 0 Å². The number of fused-ring (bicyclic) bond motifs is 4. The Labute approximate surface area is 224 Å². The summed E-state index contributed by atoms with van der Waals surface area (Å²) < 4.78 is 0. The van der Waals surface area contributed by atoms with Crippen LogP contribution < -0.4 is 4.90 Å². The number of carbonyl (C=O) groups is 2. The number of carbonyl (C=O) groups excluding carboxylic acids is 2. The summed E-state index contributed by atoms with van der Waals surface area (Å²) in [7, 11) is 0. The molecule has 2 aliphatic carbocycles. The van der Waals surface area contributed by atoms with Gasteiger partial charge in [0.05, 0.1) is 5.56 Å².